The molecule has 0 aliphatic carbocycles. The van der Waals surface area contributed by atoms with Gasteiger partial charge in [0.15, 0.2) is 0 Å². The zero-order valence-corrected chi connectivity index (χ0v) is 15.3. The predicted molar refractivity (Wildman–Crippen MR) is 98.3 cm³/mol. The molecule has 1 unspecified atom stereocenters. The molecule has 27 heavy (non-hydrogen) atoms. The first-order valence-corrected chi connectivity index (χ1v) is 9.58. The number of sulfonamides is 1. The molecule has 8 nitrogen and oxygen atoms in total. The van der Waals surface area contributed by atoms with Gasteiger partial charge in [-0.2, -0.15) is 0 Å². The maximum Gasteiger partial charge on any atom is 0.308 e. The van der Waals surface area contributed by atoms with Crippen LogP contribution in [0.15, 0.2) is 53.4 Å². The van der Waals surface area contributed by atoms with Gasteiger partial charge in [0.1, 0.15) is 5.75 Å². The number of carboxylic acid groups (broad SMARTS) is 1. The highest BCUT2D eigenvalue weighted by atomic mass is 32.2. The molecule has 2 aromatic rings. The first kappa shape index (κ1) is 18.7. The number of nitrogens with zero attached hydrogens (tertiary/aromatic N) is 1. The Morgan fingerprint density at radius 1 is 1.15 bits per heavy atom. The van der Waals surface area contributed by atoms with E-state index in [1.54, 1.807) is 24.3 Å². The van der Waals surface area contributed by atoms with E-state index < -0.39 is 21.9 Å². The van der Waals surface area contributed by atoms with Gasteiger partial charge in [0.2, 0.25) is 5.91 Å². The fourth-order valence-electron chi connectivity index (χ4n) is 2.80. The smallest absolute Gasteiger partial charge is 0.308 e. The van der Waals surface area contributed by atoms with Crippen LogP contribution >= 0.6 is 0 Å². The van der Waals surface area contributed by atoms with Crippen molar-refractivity contribution in [1.82, 2.24) is 0 Å². The van der Waals surface area contributed by atoms with Crippen molar-refractivity contribution in [2.24, 2.45) is 5.92 Å². The molecule has 142 valence electrons. The van der Waals surface area contributed by atoms with E-state index in [1.807, 2.05) is 0 Å². The average molecular weight is 390 g/mol. The van der Waals surface area contributed by atoms with Crippen molar-refractivity contribution in [2.75, 3.05) is 23.3 Å². The highest BCUT2D eigenvalue weighted by Gasteiger charge is 2.35. The maximum atomic E-state index is 12.5. The Morgan fingerprint density at radius 2 is 1.78 bits per heavy atom. The number of hydrogen-bond donors (Lipinski definition) is 2. The molecule has 3 rings (SSSR count). The third kappa shape index (κ3) is 4.03. The summed E-state index contributed by atoms with van der Waals surface area (Å²) in [6.07, 6.45) is -0.0611. The Balaban J connectivity index is 1.75. The number of carbonyl (C=O) groups excluding carboxylic acids is 1. The van der Waals surface area contributed by atoms with Crippen LogP contribution in [0.3, 0.4) is 0 Å². The number of anilines is 2. The summed E-state index contributed by atoms with van der Waals surface area (Å²) in [6, 6.07) is 12.2. The minimum absolute atomic E-state index is 0.0310. The number of ether oxygens (including phenoxy) is 1. The SMILES string of the molecule is COc1ccc(NS(=O)(=O)c2ccc(N3CC(C(=O)O)CC3=O)cc2)cc1. The van der Waals surface area contributed by atoms with Crippen LogP contribution < -0.4 is 14.4 Å². The van der Waals surface area contributed by atoms with Crippen molar-refractivity contribution in [3.8, 4) is 5.75 Å². The van der Waals surface area contributed by atoms with Gasteiger partial charge in [0, 0.05) is 24.3 Å². The zero-order chi connectivity index (χ0) is 19.6. The summed E-state index contributed by atoms with van der Waals surface area (Å²) in [7, 11) is -2.28. The molecule has 1 amide bonds. The van der Waals surface area contributed by atoms with Crippen molar-refractivity contribution in [1.29, 1.82) is 0 Å². The standard InChI is InChI=1S/C18H18N2O6S/c1-26-15-6-2-13(3-7-15)19-27(24,25)16-8-4-14(5-9-16)20-11-12(18(22)23)10-17(20)21/h2-9,12,19H,10-11H2,1H3,(H,22,23). The van der Waals surface area contributed by atoms with Gasteiger partial charge < -0.3 is 14.7 Å². The van der Waals surface area contributed by atoms with Gasteiger partial charge in [-0.25, -0.2) is 8.42 Å². The van der Waals surface area contributed by atoms with E-state index in [9.17, 15) is 18.0 Å². The number of amides is 1. The van der Waals surface area contributed by atoms with Crippen LogP contribution in [0.5, 0.6) is 5.75 Å². The molecule has 9 heteroatoms. The average Bonchev–Trinajstić information content (AvgIpc) is 3.04. The monoisotopic (exact) mass is 390 g/mol. The van der Waals surface area contributed by atoms with E-state index in [0.717, 1.165) is 0 Å². The second kappa shape index (κ2) is 7.28. The summed E-state index contributed by atoms with van der Waals surface area (Å²) in [6.45, 7) is 0.0738. The Bertz CT molecular complexity index is 954. The van der Waals surface area contributed by atoms with Gasteiger partial charge in [-0.1, -0.05) is 0 Å². The van der Waals surface area contributed by atoms with Crippen molar-refractivity contribution in [3.63, 3.8) is 0 Å². The van der Waals surface area contributed by atoms with Crippen LogP contribution in [0.25, 0.3) is 0 Å². The first-order valence-electron chi connectivity index (χ1n) is 8.10. The van der Waals surface area contributed by atoms with Crippen molar-refractivity contribution >= 4 is 33.3 Å². The third-order valence-electron chi connectivity index (χ3n) is 4.28. The lowest BCUT2D eigenvalue weighted by atomic mass is 10.1. The van der Waals surface area contributed by atoms with Gasteiger partial charge in [-0.05, 0) is 48.5 Å². The zero-order valence-electron chi connectivity index (χ0n) is 14.5. The largest absolute Gasteiger partial charge is 0.497 e. The van der Waals surface area contributed by atoms with Crippen molar-refractivity contribution in [3.05, 3.63) is 48.5 Å². The van der Waals surface area contributed by atoms with Crippen LogP contribution in [-0.4, -0.2) is 39.1 Å². The van der Waals surface area contributed by atoms with Gasteiger partial charge in [-0.15, -0.1) is 0 Å². The molecule has 1 saturated heterocycles. The molecule has 1 atom stereocenters. The van der Waals surface area contributed by atoms with Crippen LogP contribution in [0.4, 0.5) is 11.4 Å². The molecular weight excluding hydrogens is 372 g/mol. The van der Waals surface area contributed by atoms with Crippen molar-refractivity contribution < 1.29 is 27.9 Å². The lowest BCUT2D eigenvalue weighted by Gasteiger charge is -2.16. The molecule has 0 bridgehead atoms. The van der Waals surface area contributed by atoms with E-state index in [-0.39, 0.29) is 23.8 Å². The molecule has 0 aromatic heterocycles. The van der Waals surface area contributed by atoms with Crippen LogP contribution in [0.2, 0.25) is 0 Å². The second-order valence-corrected chi connectivity index (χ2v) is 7.75. The Kier molecular flexibility index (Phi) is 5.04. The maximum absolute atomic E-state index is 12.5. The number of methoxy groups -OCH3 is 1. The number of nitrogens with one attached hydrogen (secondary N) is 1. The molecule has 1 aliphatic rings. The van der Waals surface area contributed by atoms with E-state index >= 15 is 0 Å². The van der Waals surface area contributed by atoms with Gasteiger partial charge >= 0.3 is 5.97 Å². The normalized spacial score (nSPS) is 17.0. The van der Waals surface area contributed by atoms with Gasteiger partial charge in [-0.3, -0.25) is 14.3 Å². The minimum atomic E-state index is -3.80. The number of hydrogen-bond acceptors (Lipinski definition) is 5. The molecule has 1 aliphatic heterocycles. The Morgan fingerprint density at radius 3 is 2.30 bits per heavy atom. The number of carboxylic acids is 1. The van der Waals surface area contributed by atoms with E-state index in [4.69, 9.17) is 9.84 Å². The quantitative estimate of drug-likeness (QED) is 0.779. The van der Waals surface area contributed by atoms with Crippen LogP contribution in [0, 0.1) is 5.92 Å². The fraction of sp³-hybridized carbons (Fsp3) is 0.222. The minimum Gasteiger partial charge on any atom is -0.497 e. The number of benzene rings is 2. The molecule has 0 saturated carbocycles. The molecule has 1 fully saturated rings. The van der Waals surface area contributed by atoms with Gasteiger partial charge in [0.25, 0.3) is 10.0 Å². The lowest BCUT2D eigenvalue weighted by molar-refractivity contribution is -0.141. The summed E-state index contributed by atoms with van der Waals surface area (Å²) in [4.78, 5) is 24.4. The molecule has 0 radical (unpaired) electrons. The topological polar surface area (TPSA) is 113 Å². The van der Waals surface area contributed by atoms with Crippen LogP contribution in [0.1, 0.15) is 6.42 Å². The van der Waals surface area contributed by atoms with Gasteiger partial charge in [0.05, 0.1) is 17.9 Å². The summed E-state index contributed by atoms with van der Waals surface area (Å²) < 4.78 is 32.5. The van der Waals surface area contributed by atoms with Crippen LogP contribution in [-0.2, 0) is 19.6 Å². The van der Waals surface area contributed by atoms with E-state index in [0.29, 0.717) is 17.1 Å². The molecule has 1 heterocycles. The highest BCUT2D eigenvalue weighted by molar-refractivity contribution is 7.92. The highest BCUT2D eigenvalue weighted by Crippen LogP contribution is 2.27. The van der Waals surface area contributed by atoms with E-state index in [1.165, 1.54) is 36.3 Å². The lowest BCUT2D eigenvalue weighted by Crippen LogP contribution is -2.25. The second-order valence-electron chi connectivity index (χ2n) is 6.07. The molecule has 2 N–H and O–H groups in total. The number of carbonyl (C=O) groups is 2. The summed E-state index contributed by atoms with van der Waals surface area (Å²) in [5, 5.41) is 9.05. The Hall–Kier alpha value is -3.07. The fourth-order valence-corrected chi connectivity index (χ4v) is 3.86. The van der Waals surface area contributed by atoms with Crippen molar-refractivity contribution in [2.45, 2.75) is 11.3 Å². The molecule has 0 spiro atoms. The molecular formula is C18H18N2O6S. The summed E-state index contributed by atoms with van der Waals surface area (Å²) >= 11 is 0. The predicted octanol–water partition coefficient (Wildman–Crippen LogP) is 1.93. The molecule has 2 aromatic carbocycles. The van der Waals surface area contributed by atoms with E-state index in [2.05, 4.69) is 4.72 Å². The number of aliphatic carboxylic acids is 1. The summed E-state index contributed by atoms with van der Waals surface area (Å²) in [5.41, 5.74) is 0.853. The third-order valence-corrected chi connectivity index (χ3v) is 5.67. The Labute approximate surface area is 156 Å². The first-order chi connectivity index (χ1) is 12.8. The summed E-state index contributed by atoms with van der Waals surface area (Å²) in [5.74, 6) is -1.46. The number of rotatable bonds is 6.